The Bertz CT molecular complexity index is 625. The van der Waals surface area contributed by atoms with Gasteiger partial charge in [-0.25, -0.2) is 0 Å². The Kier molecular flexibility index (Phi) is 5.42. The van der Waals surface area contributed by atoms with E-state index in [4.69, 9.17) is 9.47 Å². The summed E-state index contributed by atoms with van der Waals surface area (Å²) >= 11 is 0. The number of hydrogen-bond donors (Lipinski definition) is 1. The first kappa shape index (κ1) is 15.9. The molecule has 0 fully saturated rings. The number of ether oxygens (including phenoxy) is 2. The van der Waals surface area contributed by atoms with Crippen molar-refractivity contribution in [1.82, 2.24) is 5.32 Å². The van der Waals surface area contributed by atoms with E-state index in [1.54, 1.807) is 32.4 Å². The van der Waals surface area contributed by atoms with Crippen molar-refractivity contribution in [1.29, 1.82) is 0 Å². The summed E-state index contributed by atoms with van der Waals surface area (Å²) in [6.45, 7) is 2.04. The average molecular weight is 299 g/mol. The molecule has 0 aliphatic carbocycles. The quantitative estimate of drug-likeness (QED) is 0.887. The van der Waals surface area contributed by atoms with Gasteiger partial charge in [-0.1, -0.05) is 37.3 Å². The molecule has 0 saturated carbocycles. The second-order valence-corrected chi connectivity index (χ2v) is 4.91. The minimum Gasteiger partial charge on any atom is -0.497 e. The van der Waals surface area contributed by atoms with Crippen molar-refractivity contribution in [3.8, 4) is 11.5 Å². The SMILES string of the molecule is CCC(NC(=O)c1ccc(OC)cc1OC)c1ccccc1. The van der Waals surface area contributed by atoms with E-state index >= 15 is 0 Å². The van der Waals surface area contributed by atoms with E-state index in [2.05, 4.69) is 5.32 Å². The van der Waals surface area contributed by atoms with Gasteiger partial charge in [0, 0.05) is 6.07 Å². The van der Waals surface area contributed by atoms with Crippen LogP contribution < -0.4 is 14.8 Å². The van der Waals surface area contributed by atoms with E-state index < -0.39 is 0 Å². The molecule has 0 saturated heterocycles. The number of methoxy groups -OCH3 is 2. The molecule has 4 nitrogen and oxygen atoms in total. The molecule has 4 heteroatoms. The second-order valence-electron chi connectivity index (χ2n) is 4.91. The van der Waals surface area contributed by atoms with E-state index in [0.717, 1.165) is 12.0 Å². The third-order valence-electron chi connectivity index (χ3n) is 3.57. The summed E-state index contributed by atoms with van der Waals surface area (Å²) in [6.07, 6.45) is 0.814. The van der Waals surface area contributed by atoms with Crippen LogP contribution in [-0.4, -0.2) is 20.1 Å². The first-order valence-corrected chi connectivity index (χ1v) is 7.27. The van der Waals surface area contributed by atoms with Gasteiger partial charge in [-0.2, -0.15) is 0 Å². The van der Waals surface area contributed by atoms with Gasteiger partial charge in [0.1, 0.15) is 11.5 Å². The Morgan fingerprint density at radius 2 is 1.82 bits per heavy atom. The number of carbonyl (C=O) groups is 1. The van der Waals surface area contributed by atoms with Gasteiger partial charge >= 0.3 is 0 Å². The summed E-state index contributed by atoms with van der Waals surface area (Å²) < 4.78 is 10.4. The highest BCUT2D eigenvalue weighted by Crippen LogP contribution is 2.25. The molecule has 0 aliphatic heterocycles. The topological polar surface area (TPSA) is 47.6 Å². The summed E-state index contributed by atoms with van der Waals surface area (Å²) in [7, 11) is 3.12. The minimum absolute atomic E-state index is 0.0273. The van der Waals surface area contributed by atoms with Crippen molar-refractivity contribution in [3.05, 3.63) is 59.7 Å². The van der Waals surface area contributed by atoms with Gasteiger partial charge in [-0.05, 0) is 24.1 Å². The maximum Gasteiger partial charge on any atom is 0.255 e. The molecular formula is C18H21NO3. The highest BCUT2D eigenvalue weighted by Gasteiger charge is 2.17. The fourth-order valence-corrected chi connectivity index (χ4v) is 2.33. The van der Waals surface area contributed by atoms with Gasteiger partial charge in [0.15, 0.2) is 0 Å². The molecule has 1 amide bonds. The molecule has 2 aromatic rings. The third kappa shape index (κ3) is 3.58. The molecule has 0 heterocycles. The lowest BCUT2D eigenvalue weighted by Crippen LogP contribution is -2.28. The molecule has 2 rings (SSSR count). The van der Waals surface area contributed by atoms with Crippen molar-refractivity contribution in [2.24, 2.45) is 0 Å². The van der Waals surface area contributed by atoms with Crippen molar-refractivity contribution < 1.29 is 14.3 Å². The van der Waals surface area contributed by atoms with Crippen LogP contribution >= 0.6 is 0 Å². The fourth-order valence-electron chi connectivity index (χ4n) is 2.33. The van der Waals surface area contributed by atoms with Crippen LogP contribution in [0.25, 0.3) is 0 Å². The molecule has 2 aromatic carbocycles. The molecule has 0 bridgehead atoms. The lowest BCUT2D eigenvalue weighted by molar-refractivity contribution is 0.0932. The Hall–Kier alpha value is -2.49. The first-order chi connectivity index (χ1) is 10.7. The van der Waals surface area contributed by atoms with Crippen LogP contribution in [0.1, 0.15) is 35.3 Å². The zero-order chi connectivity index (χ0) is 15.9. The predicted molar refractivity (Wildman–Crippen MR) is 86.5 cm³/mol. The zero-order valence-corrected chi connectivity index (χ0v) is 13.1. The lowest BCUT2D eigenvalue weighted by Gasteiger charge is -2.18. The van der Waals surface area contributed by atoms with E-state index in [0.29, 0.717) is 17.1 Å². The largest absolute Gasteiger partial charge is 0.497 e. The van der Waals surface area contributed by atoms with E-state index in [1.165, 1.54) is 0 Å². The van der Waals surface area contributed by atoms with Crippen LogP contribution in [0.15, 0.2) is 48.5 Å². The summed E-state index contributed by atoms with van der Waals surface area (Å²) in [6, 6.07) is 15.1. The van der Waals surface area contributed by atoms with Crippen molar-refractivity contribution in [2.45, 2.75) is 19.4 Å². The van der Waals surface area contributed by atoms with Crippen molar-refractivity contribution in [3.63, 3.8) is 0 Å². The van der Waals surface area contributed by atoms with Crippen molar-refractivity contribution in [2.75, 3.05) is 14.2 Å². The summed E-state index contributed by atoms with van der Waals surface area (Å²) in [5.74, 6) is 0.999. The Morgan fingerprint density at radius 3 is 2.41 bits per heavy atom. The number of amides is 1. The van der Waals surface area contributed by atoms with Gasteiger partial charge in [0.2, 0.25) is 0 Å². The highest BCUT2D eigenvalue weighted by atomic mass is 16.5. The molecule has 22 heavy (non-hydrogen) atoms. The monoisotopic (exact) mass is 299 g/mol. The standard InChI is InChI=1S/C18H21NO3/c1-4-16(13-8-6-5-7-9-13)19-18(20)15-11-10-14(21-2)12-17(15)22-3/h5-12,16H,4H2,1-3H3,(H,19,20). The third-order valence-corrected chi connectivity index (χ3v) is 3.57. The van der Waals surface area contributed by atoms with E-state index in [-0.39, 0.29) is 11.9 Å². The van der Waals surface area contributed by atoms with Gasteiger partial charge in [-0.15, -0.1) is 0 Å². The van der Waals surface area contributed by atoms with Gasteiger partial charge < -0.3 is 14.8 Å². The molecular weight excluding hydrogens is 278 g/mol. The van der Waals surface area contributed by atoms with Crippen LogP contribution in [0, 0.1) is 0 Å². The molecule has 0 spiro atoms. The Balaban J connectivity index is 2.21. The van der Waals surface area contributed by atoms with Gasteiger partial charge in [0.05, 0.1) is 25.8 Å². The number of benzene rings is 2. The van der Waals surface area contributed by atoms with E-state index in [1.807, 2.05) is 37.3 Å². The number of carbonyl (C=O) groups excluding carboxylic acids is 1. The van der Waals surface area contributed by atoms with Gasteiger partial charge in [-0.3, -0.25) is 4.79 Å². The van der Waals surface area contributed by atoms with Gasteiger partial charge in [0.25, 0.3) is 5.91 Å². The normalized spacial score (nSPS) is 11.6. The summed E-state index contributed by atoms with van der Waals surface area (Å²) in [5, 5.41) is 3.05. The molecule has 116 valence electrons. The van der Waals surface area contributed by atoms with Crippen LogP contribution in [0.4, 0.5) is 0 Å². The highest BCUT2D eigenvalue weighted by molar-refractivity contribution is 5.97. The molecule has 0 aliphatic rings. The first-order valence-electron chi connectivity index (χ1n) is 7.27. The number of rotatable bonds is 6. The molecule has 0 radical (unpaired) electrons. The number of nitrogens with one attached hydrogen (secondary N) is 1. The summed E-state index contributed by atoms with van der Waals surface area (Å²) in [5.41, 5.74) is 1.59. The van der Waals surface area contributed by atoms with E-state index in [9.17, 15) is 4.79 Å². The molecule has 1 N–H and O–H groups in total. The molecule has 0 aromatic heterocycles. The van der Waals surface area contributed by atoms with Crippen LogP contribution in [0.2, 0.25) is 0 Å². The van der Waals surface area contributed by atoms with Crippen LogP contribution in [0.3, 0.4) is 0 Å². The van der Waals surface area contributed by atoms with Crippen LogP contribution in [0.5, 0.6) is 11.5 Å². The van der Waals surface area contributed by atoms with Crippen LogP contribution in [-0.2, 0) is 0 Å². The summed E-state index contributed by atoms with van der Waals surface area (Å²) in [4.78, 5) is 12.5. The zero-order valence-electron chi connectivity index (χ0n) is 13.1. The fraction of sp³-hybridized carbons (Fsp3) is 0.278. The smallest absolute Gasteiger partial charge is 0.255 e. The molecule has 1 unspecified atom stereocenters. The maximum absolute atomic E-state index is 12.5. The Morgan fingerprint density at radius 1 is 1.09 bits per heavy atom. The average Bonchev–Trinajstić information content (AvgIpc) is 2.59. The number of hydrogen-bond acceptors (Lipinski definition) is 3. The lowest BCUT2D eigenvalue weighted by atomic mass is 10.0. The predicted octanol–water partition coefficient (Wildman–Crippen LogP) is 3.58. The van der Waals surface area contributed by atoms with Crippen molar-refractivity contribution >= 4 is 5.91 Å². The second kappa shape index (κ2) is 7.50. The maximum atomic E-state index is 12.5. The molecule has 1 atom stereocenters. The Labute approximate surface area is 131 Å². The minimum atomic E-state index is -0.157.